The second kappa shape index (κ2) is 8.54. The van der Waals surface area contributed by atoms with Crippen LogP contribution in [-0.2, 0) is 11.3 Å². The van der Waals surface area contributed by atoms with Gasteiger partial charge < -0.3 is 14.8 Å². The van der Waals surface area contributed by atoms with E-state index in [1.807, 2.05) is 0 Å². The van der Waals surface area contributed by atoms with E-state index in [0.717, 1.165) is 4.47 Å². The molecule has 0 unspecified atom stereocenters. The fourth-order valence-corrected chi connectivity index (χ4v) is 3.35. The first-order valence-corrected chi connectivity index (χ1v) is 9.94. The normalized spacial score (nSPS) is 12.4. The van der Waals surface area contributed by atoms with Crippen molar-refractivity contribution < 1.29 is 19.1 Å². The lowest BCUT2D eigenvalue weighted by molar-refractivity contribution is -0.120. The van der Waals surface area contributed by atoms with Crippen LogP contribution in [-0.4, -0.2) is 34.7 Å². The minimum absolute atomic E-state index is 0.0599. The average molecular weight is 473 g/mol. The quantitative estimate of drug-likeness (QED) is 0.603. The molecule has 30 heavy (non-hydrogen) atoms. The number of nitrogens with zero attached hydrogens (tertiary/aromatic N) is 2. The second-order valence-electron chi connectivity index (χ2n) is 6.52. The SMILES string of the molecule is O=C(CCn1cnc2ccc(Br)cc2c1=O)NC(=O)Nc1ccc2c(c1)OCCO2. The first-order valence-electron chi connectivity index (χ1n) is 9.15. The number of aryl methyl sites for hydroxylation is 1. The van der Waals surface area contributed by atoms with Crippen molar-refractivity contribution in [2.75, 3.05) is 18.5 Å². The van der Waals surface area contributed by atoms with E-state index in [-0.39, 0.29) is 18.5 Å². The highest BCUT2D eigenvalue weighted by Gasteiger charge is 2.14. The van der Waals surface area contributed by atoms with Gasteiger partial charge in [-0.15, -0.1) is 0 Å². The van der Waals surface area contributed by atoms with Crippen molar-refractivity contribution in [1.29, 1.82) is 0 Å². The molecule has 0 bridgehead atoms. The molecule has 0 atom stereocenters. The van der Waals surface area contributed by atoms with E-state index in [0.29, 0.717) is 41.3 Å². The molecule has 0 saturated heterocycles. The molecular formula is C20H17BrN4O5. The van der Waals surface area contributed by atoms with Crippen LogP contribution in [0.5, 0.6) is 11.5 Å². The Morgan fingerprint density at radius 3 is 2.73 bits per heavy atom. The Balaban J connectivity index is 1.35. The zero-order valence-electron chi connectivity index (χ0n) is 15.7. The molecule has 3 amide bonds. The van der Waals surface area contributed by atoms with Crippen molar-refractivity contribution in [3.8, 4) is 11.5 Å². The van der Waals surface area contributed by atoms with E-state index in [2.05, 4.69) is 31.5 Å². The van der Waals surface area contributed by atoms with Gasteiger partial charge in [0.2, 0.25) is 5.91 Å². The van der Waals surface area contributed by atoms with Crippen LogP contribution in [0, 0.1) is 0 Å². The number of amides is 3. The van der Waals surface area contributed by atoms with E-state index >= 15 is 0 Å². The zero-order valence-corrected chi connectivity index (χ0v) is 17.3. The average Bonchev–Trinajstić information content (AvgIpc) is 2.73. The fraction of sp³-hybridized carbons (Fsp3) is 0.200. The summed E-state index contributed by atoms with van der Waals surface area (Å²) in [6.45, 7) is 1.00. The summed E-state index contributed by atoms with van der Waals surface area (Å²) in [6, 6.07) is 9.50. The van der Waals surface area contributed by atoms with E-state index in [1.54, 1.807) is 36.4 Å². The second-order valence-corrected chi connectivity index (χ2v) is 7.43. The third-order valence-corrected chi connectivity index (χ3v) is 4.91. The lowest BCUT2D eigenvalue weighted by Gasteiger charge is -2.19. The van der Waals surface area contributed by atoms with Crippen LogP contribution in [0.1, 0.15) is 6.42 Å². The van der Waals surface area contributed by atoms with Gasteiger partial charge in [0.25, 0.3) is 5.56 Å². The Kier molecular flexibility index (Phi) is 5.66. The van der Waals surface area contributed by atoms with Gasteiger partial charge in [0, 0.05) is 29.2 Å². The summed E-state index contributed by atoms with van der Waals surface area (Å²) in [5, 5.41) is 5.26. The molecule has 0 spiro atoms. The maximum Gasteiger partial charge on any atom is 0.325 e. The Bertz CT molecular complexity index is 1190. The first kappa shape index (κ1) is 19.9. The molecule has 9 nitrogen and oxygen atoms in total. The van der Waals surface area contributed by atoms with Crippen LogP contribution in [0.15, 0.2) is 52.0 Å². The van der Waals surface area contributed by atoms with Gasteiger partial charge in [-0.25, -0.2) is 9.78 Å². The van der Waals surface area contributed by atoms with Gasteiger partial charge in [-0.3, -0.25) is 19.5 Å². The molecule has 3 aromatic rings. The van der Waals surface area contributed by atoms with Crippen LogP contribution in [0.2, 0.25) is 0 Å². The van der Waals surface area contributed by atoms with Gasteiger partial charge in [-0.1, -0.05) is 15.9 Å². The Labute approximate surface area is 179 Å². The number of nitrogens with one attached hydrogen (secondary N) is 2. The predicted octanol–water partition coefficient (Wildman–Crippen LogP) is 2.67. The number of aromatic nitrogens is 2. The van der Waals surface area contributed by atoms with E-state index in [1.165, 1.54) is 10.9 Å². The van der Waals surface area contributed by atoms with Crippen LogP contribution in [0.25, 0.3) is 10.9 Å². The lowest BCUT2D eigenvalue weighted by Crippen LogP contribution is -2.35. The highest BCUT2D eigenvalue weighted by atomic mass is 79.9. The van der Waals surface area contributed by atoms with Gasteiger partial charge >= 0.3 is 6.03 Å². The smallest absolute Gasteiger partial charge is 0.325 e. The number of carbonyl (C=O) groups is 2. The summed E-state index contributed by atoms with van der Waals surface area (Å²) < 4.78 is 13.0. The summed E-state index contributed by atoms with van der Waals surface area (Å²) in [7, 11) is 0. The standard InChI is InChI=1S/C20H17BrN4O5/c21-12-1-3-15-14(9-12)19(27)25(11-22-15)6-5-18(26)24-20(28)23-13-2-4-16-17(10-13)30-8-7-29-16/h1-4,9-11H,5-8H2,(H2,23,24,26,28). The zero-order chi connectivity index (χ0) is 21.1. The van der Waals surface area contributed by atoms with Gasteiger partial charge in [0.1, 0.15) is 13.2 Å². The van der Waals surface area contributed by atoms with Crippen LogP contribution in [0.3, 0.4) is 0 Å². The molecule has 0 saturated carbocycles. The summed E-state index contributed by atoms with van der Waals surface area (Å²) >= 11 is 3.33. The Hall–Kier alpha value is -3.40. The summed E-state index contributed by atoms with van der Waals surface area (Å²) in [4.78, 5) is 41.0. The summed E-state index contributed by atoms with van der Waals surface area (Å²) in [6.07, 6.45) is 1.33. The van der Waals surface area contributed by atoms with Gasteiger partial charge in [0.05, 0.1) is 17.2 Å². The van der Waals surface area contributed by atoms with Crippen molar-refractivity contribution >= 4 is 44.5 Å². The monoisotopic (exact) mass is 472 g/mol. The molecule has 154 valence electrons. The number of imide groups is 1. The number of ether oxygens (including phenoxy) is 2. The maximum absolute atomic E-state index is 12.5. The highest BCUT2D eigenvalue weighted by Crippen LogP contribution is 2.32. The van der Waals surface area contributed by atoms with Gasteiger partial charge in [-0.2, -0.15) is 0 Å². The number of carbonyl (C=O) groups excluding carboxylic acids is 2. The number of anilines is 1. The molecule has 10 heteroatoms. The number of rotatable bonds is 4. The molecule has 0 fully saturated rings. The van der Waals surface area contributed by atoms with Crippen molar-refractivity contribution in [3.05, 3.63) is 57.6 Å². The van der Waals surface area contributed by atoms with Crippen LogP contribution < -0.4 is 25.7 Å². The summed E-state index contributed by atoms with van der Waals surface area (Å²) in [5.74, 6) is 0.608. The molecular weight excluding hydrogens is 456 g/mol. The fourth-order valence-electron chi connectivity index (χ4n) is 2.99. The molecule has 2 aromatic carbocycles. The topological polar surface area (TPSA) is 112 Å². The number of hydrogen-bond acceptors (Lipinski definition) is 6. The number of urea groups is 1. The van der Waals surface area contributed by atoms with Crippen LogP contribution >= 0.6 is 15.9 Å². The highest BCUT2D eigenvalue weighted by molar-refractivity contribution is 9.10. The molecule has 0 radical (unpaired) electrons. The minimum atomic E-state index is -0.676. The number of halogens is 1. The molecule has 4 rings (SSSR count). The van der Waals surface area contributed by atoms with Crippen molar-refractivity contribution in [3.63, 3.8) is 0 Å². The van der Waals surface area contributed by atoms with Crippen LogP contribution in [0.4, 0.5) is 10.5 Å². The van der Waals surface area contributed by atoms with Gasteiger partial charge in [0.15, 0.2) is 11.5 Å². The third kappa shape index (κ3) is 4.43. The first-order chi connectivity index (χ1) is 14.5. The van der Waals surface area contributed by atoms with E-state index in [4.69, 9.17) is 9.47 Å². The van der Waals surface area contributed by atoms with Crippen molar-refractivity contribution in [1.82, 2.24) is 14.9 Å². The molecule has 1 aliphatic heterocycles. The molecule has 2 N–H and O–H groups in total. The van der Waals surface area contributed by atoms with Gasteiger partial charge in [-0.05, 0) is 30.3 Å². The number of hydrogen-bond donors (Lipinski definition) is 2. The Morgan fingerprint density at radius 2 is 1.90 bits per heavy atom. The predicted molar refractivity (Wildman–Crippen MR) is 113 cm³/mol. The van der Waals surface area contributed by atoms with Crippen molar-refractivity contribution in [2.45, 2.75) is 13.0 Å². The number of fused-ring (bicyclic) bond motifs is 2. The third-order valence-electron chi connectivity index (χ3n) is 4.42. The molecule has 2 heterocycles. The molecule has 1 aliphatic rings. The summed E-state index contributed by atoms with van der Waals surface area (Å²) in [5.41, 5.74) is 0.780. The largest absolute Gasteiger partial charge is 0.486 e. The van der Waals surface area contributed by atoms with E-state index < -0.39 is 11.9 Å². The van der Waals surface area contributed by atoms with E-state index in [9.17, 15) is 14.4 Å². The minimum Gasteiger partial charge on any atom is -0.486 e. The lowest BCUT2D eigenvalue weighted by atomic mass is 10.2. The van der Waals surface area contributed by atoms with Crippen molar-refractivity contribution in [2.24, 2.45) is 0 Å². The molecule has 0 aliphatic carbocycles. The molecule has 1 aromatic heterocycles. The number of benzene rings is 2. The maximum atomic E-state index is 12.5. The Morgan fingerprint density at radius 1 is 1.10 bits per heavy atom.